The van der Waals surface area contributed by atoms with Crippen molar-refractivity contribution in [3.8, 4) is 0 Å². The molecule has 0 N–H and O–H groups in total. The molecule has 0 aliphatic rings. The summed E-state index contributed by atoms with van der Waals surface area (Å²) in [5.41, 5.74) is -0.963. The summed E-state index contributed by atoms with van der Waals surface area (Å²) in [4.78, 5) is 0. The van der Waals surface area contributed by atoms with E-state index < -0.39 is 11.9 Å². The van der Waals surface area contributed by atoms with Gasteiger partial charge in [0.25, 0.3) is 0 Å². The van der Waals surface area contributed by atoms with E-state index in [9.17, 15) is 13.2 Å². The molecule has 0 radical (unpaired) electrons. The largest absolute Gasteiger partial charge is 0.434 e. The van der Waals surface area contributed by atoms with Gasteiger partial charge >= 0.3 is 6.18 Å². The minimum absolute atomic E-state index is 0.868. The monoisotopic (exact) mass is 152 g/mol. The Balaban J connectivity index is 4.39. The van der Waals surface area contributed by atoms with E-state index in [1.165, 1.54) is 14.0 Å². The van der Waals surface area contributed by atoms with Crippen molar-refractivity contribution in [3.63, 3.8) is 0 Å². The van der Waals surface area contributed by atoms with E-state index in [0.717, 1.165) is 6.08 Å². The fourth-order valence-corrected chi connectivity index (χ4v) is 0.386. The summed E-state index contributed by atoms with van der Waals surface area (Å²) < 4.78 is 35.1. The lowest BCUT2D eigenvalue weighted by Gasteiger charge is -2.02. The number of nitrogens with zero attached hydrogens (tertiary/aromatic N) is 2. The maximum absolute atomic E-state index is 11.7. The molecule has 0 fully saturated rings. The van der Waals surface area contributed by atoms with E-state index in [2.05, 4.69) is 10.2 Å². The van der Waals surface area contributed by atoms with Crippen LogP contribution in [0.5, 0.6) is 0 Å². The van der Waals surface area contributed by atoms with Crippen molar-refractivity contribution in [1.29, 1.82) is 0 Å². The summed E-state index contributed by atoms with van der Waals surface area (Å²) in [6.07, 6.45) is -3.51. The molecule has 0 rings (SSSR count). The smallest absolute Gasteiger partial charge is 0.192 e. The number of azo groups is 1. The van der Waals surface area contributed by atoms with Crippen LogP contribution in [0, 0.1) is 0 Å². The molecule has 0 heterocycles. The van der Waals surface area contributed by atoms with E-state index in [0.29, 0.717) is 0 Å². The summed E-state index contributed by atoms with van der Waals surface area (Å²) in [5, 5.41) is 5.89. The lowest BCUT2D eigenvalue weighted by atomic mass is 10.4. The van der Waals surface area contributed by atoms with Crippen LogP contribution in [0.2, 0.25) is 0 Å². The molecule has 0 aromatic heterocycles. The molecule has 0 saturated heterocycles. The third kappa shape index (κ3) is 2.61. The fourth-order valence-electron chi connectivity index (χ4n) is 0.386. The maximum atomic E-state index is 11.7. The molecule has 0 amide bonds. The van der Waals surface area contributed by atoms with E-state index in [-0.39, 0.29) is 0 Å². The van der Waals surface area contributed by atoms with Crippen LogP contribution in [-0.4, -0.2) is 13.2 Å². The predicted octanol–water partition coefficient (Wildman–Crippen LogP) is 2.53. The number of halogens is 3. The zero-order valence-electron chi connectivity index (χ0n) is 5.61. The van der Waals surface area contributed by atoms with Gasteiger partial charge in [-0.1, -0.05) is 6.08 Å². The molecule has 0 atom stereocenters. The molecule has 0 saturated carbocycles. The number of hydrogen-bond donors (Lipinski definition) is 0. The van der Waals surface area contributed by atoms with Gasteiger partial charge in [0.15, 0.2) is 5.70 Å². The first-order valence-corrected chi connectivity index (χ1v) is 2.55. The molecule has 2 nitrogen and oxygen atoms in total. The van der Waals surface area contributed by atoms with Gasteiger partial charge in [-0.15, -0.1) is 0 Å². The Kier molecular flexibility index (Phi) is 3.05. The highest BCUT2D eigenvalue weighted by atomic mass is 19.4. The van der Waals surface area contributed by atoms with Crippen LogP contribution in [-0.2, 0) is 0 Å². The van der Waals surface area contributed by atoms with Crippen LogP contribution in [0.1, 0.15) is 6.92 Å². The molecule has 0 spiro atoms. The Morgan fingerprint density at radius 1 is 1.40 bits per heavy atom. The highest BCUT2D eigenvalue weighted by molar-refractivity contribution is 5.03. The summed E-state index contributed by atoms with van der Waals surface area (Å²) in [5.74, 6) is 0. The topological polar surface area (TPSA) is 24.7 Å². The Labute approximate surface area is 56.5 Å². The molecule has 5 heteroatoms. The summed E-state index contributed by atoms with van der Waals surface area (Å²) >= 11 is 0. The molecule has 0 unspecified atom stereocenters. The van der Waals surface area contributed by atoms with E-state index in [4.69, 9.17) is 0 Å². The first-order valence-electron chi connectivity index (χ1n) is 2.55. The van der Waals surface area contributed by atoms with Gasteiger partial charge in [0.05, 0.1) is 0 Å². The second-order valence-corrected chi connectivity index (χ2v) is 1.47. The van der Waals surface area contributed by atoms with Gasteiger partial charge < -0.3 is 0 Å². The average molecular weight is 152 g/mol. The SMILES string of the molecule is C/C=C(\N=NC)C(F)(F)F. The van der Waals surface area contributed by atoms with Crippen LogP contribution in [0.3, 0.4) is 0 Å². The van der Waals surface area contributed by atoms with Gasteiger partial charge in [0.1, 0.15) is 0 Å². The highest BCUT2D eigenvalue weighted by Gasteiger charge is 2.33. The highest BCUT2D eigenvalue weighted by Crippen LogP contribution is 2.26. The first kappa shape index (κ1) is 9.13. The van der Waals surface area contributed by atoms with Gasteiger partial charge in [0, 0.05) is 7.05 Å². The third-order valence-electron chi connectivity index (χ3n) is 0.772. The first-order chi connectivity index (χ1) is 4.52. The maximum Gasteiger partial charge on any atom is 0.434 e. The lowest BCUT2D eigenvalue weighted by Crippen LogP contribution is -2.09. The second kappa shape index (κ2) is 3.34. The molecule has 10 heavy (non-hydrogen) atoms. The summed E-state index contributed by atoms with van der Waals surface area (Å²) in [6, 6.07) is 0. The number of rotatable bonds is 1. The number of hydrogen-bond acceptors (Lipinski definition) is 2. The Morgan fingerprint density at radius 3 is 2.00 bits per heavy atom. The van der Waals surface area contributed by atoms with E-state index in [1.807, 2.05) is 0 Å². The molecule has 58 valence electrons. The van der Waals surface area contributed by atoms with Gasteiger partial charge in [-0.05, 0) is 6.92 Å². The van der Waals surface area contributed by atoms with Crippen LogP contribution >= 0.6 is 0 Å². The van der Waals surface area contributed by atoms with E-state index >= 15 is 0 Å². The van der Waals surface area contributed by atoms with Gasteiger partial charge in [-0.25, -0.2) is 0 Å². The van der Waals surface area contributed by atoms with Crippen LogP contribution in [0.25, 0.3) is 0 Å². The zero-order valence-corrected chi connectivity index (χ0v) is 5.61. The third-order valence-corrected chi connectivity index (χ3v) is 0.772. The molecule has 0 aliphatic heterocycles. The summed E-state index contributed by atoms with van der Waals surface area (Å²) in [6.45, 7) is 1.26. The normalized spacial score (nSPS) is 14.7. The Morgan fingerprint density at radius 2 is 1.90 bits per heavy atom. The van der Waals surface area contributed by atoms with Crippen molar-refractivity contribution in [2.45, 2.75) is 13.1 Å². The minimum Gasteiger partial charge on any atom is -0.192 e. The molecule has 0 aromatic carbocycles. The second-order valence-electron chi connectivity index (χ2n) is 1.47. The van der Waals surface area contributed by atoms with Gasteiger partial charge in [-0.3, -0.25) is 0 Å². The number of alkyl halides is 3. The zero-order chi connectivity index (χ0) is 8.20. The van der Waals surface area contributed by atoms with Crippen LogP contribution in [0.15, 0.2) is 22.0 Å². The Hall–Kier alpha value is -0.870. The Bertz CT molecular complexity index is 157. The predicted molar refractivity (Wildman–Crippen MR) is 30.6 cm³/mol. The quantitative estimate of drug-likeness (QED) is 0.516. The molecule has 0 bridgehead atoms. The van der Waals surface area contributed by atoms with Crippen LogP contribution < -0.4 is 0 Å². The minimum atomic E-state index is -4.38. The lowest BCUT2D eigenvalue weighted by molar-refractivity contribution is -0.0931. The molecular weight excluding hydrogens is 145 g/mol. The van der Waals surface area contributed by atoms with Crippen molar-refractivity contribution in [1.82, 2.24) is 0 Å². The van der Waals surface area contributed by atoms with Crippen molar-refractivity contribution in [3.05, 3.63) is 11.8 Å². The standard InChI is InChI=1S/C5H7F3N2/c1-3-4(10-9-2)5(6,7)8/h3H,1-2H3/b4-3-,10-9?. The van der Waals surface area contributed by atoms with Crippen LogP contribution in [0.4, 0.5) is 13.2 Å². The van der Waals surface area contributed by atoms with Crippen molar-refractivity contribution >= 4 is 0 Å². The van der Waals surface area contributed by atoms with Gasteiger partial charge in [0.2, 0.25) is 0 Å². The van der Waals surface area contributed by atoms with Crippen molar-refractivity contribution in [2.75, 3.05) is 7.05 Å². The van der Waals surface area contributed by atoms with E-state index in [1.54, 1.807) is 0 Å². The summed E-state index contributed by atoms with van der Waals surface area (Å²) in [7, 11) is 1.19. The molecule has 0 aliphatic carbocycles. The fraction of sp³-hybridized carbons (Fsp3) is 0.600. The average Bonchev–Trinajstić information content (AvgIpc) is 1.80. The number of allylic oxidation sites excluding steroid dienone is 2. The molecular formula is C5H7F3N2. The van der Waals surface area contributed by atoms with Crippen molar-refractivity contribution < 1.29 is 13.2 Å². The molecule has 0 aromatic rings. The van der Waals surface area contributed by atoms with Crippen molar-refractivity contribution in [2.24, 2.45) is 10.2 Å². The van der Waals surface area contributed by atoms with Gasteiger partial charge in [-0.2, -0.15) is 23.4 Å².